The maximum atomic E-state index is 12.4. The van der Waals surface area contributed by atoms with Gasteiger partial charge in [-0.1, -0.05) is 18.2 Å². The first-order chi connectivity index (χ1) is 9.10. The molecule has 0 aromatic heterocycles. The lowest BCUT2D eigenvalue weighted by molar-refractivity contribution is -0.0330. The molecule has 3 unspecified atom stereocenters. The molecule has 0 aromatic carbocycles. The van der Waals surface area contributed by atoms with Gasteiger partial charge in [0.05, 0.1) is 0 Å². The van der Waals surface area contributed by atoms with Crippen molar-refractivity contribution in [1.29, 1.82) is 0 Å². The standard InChI is InChI=1S/C15H26F3NS/c1-13(2,3)19-10-14(6-7-20-15(16,17)18)9-11-4-5-12(14)8-11/h11-12,19H,4-10H2,1-3H3. The fourth-order valence-electron chi connectivity index (χ4n) is 3.98. The Labute approximate surface area is 124 Å². The third-order valence-electron chi connectivity index (χ3n) is 4.94. The second-order valence-electron chi connectivity index (χ2n) is 7.59. The van der Waals surface area contributed by atoms with Crippen LogP contribution in [0.3, 0.4) is 0 Å². The van der Waals surface area contributed by atoms with Crippen molar-refractivity contribution in [2.75, 3.05) is 12.3 Å². The van der Waals surface area contributed by atoms with Crippen molar-refractivity contribution in [2.45, 2.75) is 63.9 Å². The van der Waals surface area contributed by atoms with Crippen molar-refractivity contribution in [2.24, 2.45) is 17.3 Å². The van der Waals surface area contributed by atoms with Gasteiger partial charge >= 0.3 is 5.51 Å². The minimum absolute atomic E-state index is 0.0337. The van der Waals surface area contributed by atoms with Crippen molar-refractivity contribution in [1.82, 2.24) is 5.32 Å². The molecule has 2 aliphatic rings. The highest BCUT2D eigenvalue weighted by Crippen LogP contribution is 2.58. The van der Waals surface area contributed by atoms with Crippen LogP contribution >= 0.6 is 11.8 Å². The summed E-state index contributed by atoms with van der Waals surface area (Å²) in [4.78, 5) is 0. The van der Waals surface area contributed by atoms with Crippen LogP contribution in [-0.4, -0.2) is 23.3 Å². The summed E-state index contributed by atoms with van der Waals surface area (Å²) in [6.45, 7) is 7.24. The molecule has 20 heavy (non-hydrogen) atoms. The molecular weight excluding hydrogens is 283 g/mol. The molecule has 0 aliphatic heterocycles. The second-order valence-corrected chi connectivity index (χ2v) is 8.75. The Hall–Kier alpha value is 0.100. The molecular formula is C15H26F3NS. The fourth-order valence-corrected chi connectivity index (χ4v) is 4.72. The summed E-state index contributed by atoms with van der Waals surface area (Å²) in [5.74, 6) is 1.60. The molecule has 2 fully saturated rings. The minimum atomic E-state index is -4.09. The van der Waals surface area contributed by atoms with Gasteiger partial charge in [0.1, 0.15) is 0 Å². The average Bonchev–Trinajstić information content (AvgIpc) is 2.84. The summed E-state index contributed by atoms with van der Waals surface area (Å²) < 4.78 is 37.1. The molecule has 2 saturated carbocycles. The van der Waals surface area contributed by atoms with E-state index in [-0.39, 0.29) is 28.5 Å². The molecule has 118 valence electrons. The van der Waals surface area contributed by atoms with Crippen LogP contribution in [0.1, 0.15) is 52.9 Å². The highest BCUT2D eigenvalue weighted by atomic mass is 32.2. The van der Waals surface area contributed by atoms with E-state index < -0.39 is 5.51 Å². The average molecular weight is 309 g/mol. The molecule has 0 heterocycles. The molecule has 2 rings (SSSR count). The quantitative estimate of drug-likeness (QED) is 0.781. The van der Waals surface area contributed by atoms with E-state index in [0.717, 1.165) is 18.9 Å². The molecule has 0 radical (unpaired) electrons. The lowest BCUT2D eigenvalue weighted by atomic mass is 9.71. The Balaban J connectivity index is 1.95. The van der Waals surface area contributed by atoms with Gasteiger partial charge < -0.3 is 5.32 Å². The third-order valence-corrected chi connectivity index (χ3v) is 5.67. The largest absolute Gasteiger partial charge is 0.441 e. The van der Waals surface area contributed by atoms with E-state index in [4.69, 9.17) is 0 Å². The minimum Gasteiger partial charge on any atom is -0.312 e. The van der Waals surface area contributed by atoms with Gasteiger partial charge in [0.2, 0.25) is 0 Å². The molecule has 1 nitrogen and oxygen atoms in total. The van der Waals surface area contributed by atoms with E-state index in [1.165, 1.54) is 19.3 Å². The first-order valence-electron chi connectivity index (χ1n) is 7.55. The molecule has 0 amide bonds. The summed E-state index contributed by atoms with van der Waals surface area (Å²) in [6.07, 6.45) is 5.56. The molecule has 0 aromatic rings. The summed E-state index contributed by atoms with van der Waals surface area (Å²) >= 11 is 0.152. The number of fused-ring (bicyclic) bond motifs is 2. The summed E-state index contributed by atoms with van der Waals surface area (Å²) in [6, 6.07) is 0. The van der Waals surface area contributed by atoms with Crippen LogP contribution in [0.5, 0.6) is 0 Å². The Morgan fingerprint density at radius 2 is 1.90 bits per heavy atom. The van der Waals surface area contributed by atoms with Crippen LogP contribution in [0, 0.1) is 17.3 Å². The lowest BCUT2D eigenvalue weighted by Crippen LogP contribution is -2.46. The zero-order chi connectivity index (χ0) is 15.0. The Bertz CT molecular complexity index is 337. The molecule has 1 N–H and O–H groups in total. The van der Waals surface area contributed by atoms with Gasteiger partial charge in [-0.2, -0.15) is 13.2 Å². The zero-order valence-corrected chi connectivity index (χ0v) is 13.5. The van der Waals surface area contributed by atoms with Gasteiger partial charge in [0.15, 0.2) is 0 Å². The highest BCUT2D eigenvalue weighted by Gasteiger charge is 2.50. The predicted molar refractivity (Wildman–Crippen MR) is 78.8 cm³/mol. The molecule has 3 atom stereocenters. The van der Waals surface area contributed by atoms with E-state index in [9.17, 15) is 13.2 Å². The van der Waals surface area contributed by atoms with Crippen LogP contribution in [0.2, 0.25) is 0 Å². The SMILES string of the molecule is CC(C)(C)NCC1(CCSC(F)(F)F)CC2CCC1C2. The summed E-state index contributed by atoms with van der Waals surface area (Å²) in [7, 11) is 0. The number of thioether (sulfide) groups is 1. The van der Waals surface area contributed by atoms with Gasteiger partial charge in [-0.25, -0.2) is 0 Å². The summed E-state index contributed by atoms with van der Waals surface area (Å²) in [5.41, 5.74) is -3.95. The summed E-state index contributed by atoms with van der Waals surface area (Å²) in [5, 5.41) is 3.55. The number of halogens is 3. The van der Waals surface area contributed by atoms with E-state index in [1.54, 1.807) is 0 Å². The second kappa shape index (κ2) is 5.71. The lowest BCUT2D eigenvalue weighted by Gasteiger charge is -2.40. The third kappa shape index (κ3) is 4.30. The van der Waals surface area contributed by atoms with Crippen LogP contribution in [0.25, 0.3) is 0 Å². The van der Waals surface area contributed by atoms with Crippen molar-refractivity contribution in [3.8, 4) is 0 Å². The first kappa shape index (κ1) is 16.5. The predicted octanol–water partition coefficient (Wildman–Crippen LogP) is 4.82. The van der Waals surface area contributed by atoms with Crippen LogP contribution in [0.15, 0.2) is 0 Å². The molecule has 0 saturated heterocycles. The first-order valence-corrected chi connectivity index (χ1v) is 8.54. The number of hydrogen-bond acceptors (Lipinski definition) is 2. The van der Waals surface area contributed by atoms with E-state index in [1.807, 2.05) is 0 Å². The maximum Gasteiger partial charge on any atom is 0.441 e. The Morgan fingerprint density at radius 3 is 2.35 bits per heavy atom. The van der Waals surface area contributed by atoms with E-state index >= 15 is 0 Å². The number of rotatable bonds is 5. The van der Waals surface area contributed by atoms with Gasteiger partial charge in [-0.05, 0) is 63.7 Å². The van der Waals surface area contributed by atoms with E-state index in [0.29, 0.717) is 12.3 Å². The Morgan fingerprint density at radius 1 is 1.20 bits per heavy atom. The van der Waals surface area contributed by atoms with Crippen molar-refractivity contribution >= 4 is 11.8 Å². The molecule has 5 heteroatoms. The van der Waals surface area contributed by atoms with E-state index in [2.05, 4.69) is 26.1 Å². The van der Waals surface area contributed by atoms with Crippen LogP contribution in [-0.2, 0) is 0 Å². The van der Waals surface area contributed by atoms with Crippen LogP contribution < -0.4 is 5.32 Å². The Kier molecular flexibility index (Phi) is 4.70. The van der Waals surface area contributed by atoms with Gasteiger partial charge in [0, 0.05) is 17.8 Å². The van der Waals surface area contributed by atoms with Gasteiger partial charge in [-0.3, -0.25) is 0 Å². The number of alkyl halides is 3. The monoisotopic (exact) mass is 309 g/mol. The van der Waals surface area contributed by atoms with Crippen molar-refractivity contribution < 1.29 is 13.2 Å². The molecule has 2 bridgehead atoms. The van der Waals surface area contributed by atoms with Crippen molar-refractivity contribution in [3.05, 3.63) is 0 Å². The highest BCUT2D eigenvalue weighted by molar-refractivity contribution is 8.00. The van der Waals surface area contributed by atoms with Gasteiger partial charge in [-0.15, -0.1) is 0 Å². The normalized spacial score (nSPS) is 33.9. The topological polar surface area (TPSA) is 12.0 Å². The molecule has 2 aliphatic carbocycles. The van der Waals surface area contributed by atoms with Crippen molar-refractivity contribution in [3.63, 3.8) is 0 Å². The zero-order valence-electron chi connectivity index (χ0n) is 12.6. The number of hydrogen-bond donors (Lipinski definition) is 1. The number of nitrogens with one attached hydrogen (secondary N) is 1. The smallest absolute Gasteiger partial charge is 0.312 e. The fraction of sp³-hybridized carbons (Fsp3) is 1.00. The molecule has 0 spiro atoms. The van der Waals surface area contributed by atoms with Gasteiger partial charge in [0.25, 0.3) is 0 Å². The van der Waals surface area contributed by atoms with Crippen LogP contribution in [0.4, 0.5) is 13.2 Å². The maximum absolute atomic E-state index is 12.4.